The maximum atomic E-state index is 13.1. The molecule has 2 heterocycles. The number of aryl methyl sites for hydroxylation is 3. The Kier molecular flexibility index (Phi) is 6.39. The Labute approximate surface area is 205 Å². The average molecular weight is 470 g/mol. The minimum absolute atomic E-state index is 0. The van der Waals surface area contributed by atoms with E-state index in [0.717, 1.165) is 57.3 Å². The van der Waals surface area contributed by atoms with Crippen LogP contribution in [-0.2, 0) is 11.8 Å². The minimum atomic E-state index is -0.295. The molecule has 0 bridgehead atoms. The second kappa shape index (κ2) is 9.29. The summed E-state index contributed by atoms with van der Waals surface area (Å²) in [6, 6.07) is 11.6. The number of pyridine rings is 1. The first-order valence-corrected chi connectivity index (χ1v) is 11.4. The van der Waals surface area contributed by atoms with Crippen molar-refractivity contribution >= 4 is 22.5 Å². The van der Waals surface area contributed by atoms with Crippen LogP contribution < -0.4 is 15.6 Å². The summed E-state index contributed by atoms with van der Waals surface area (Å²) in [5, 5.41) is 3.56. The molecular formula is C29H31N3O3. The lowest BCUT2D eigenvalue weighted by Gasteiger charge is -2.17. The van der Waals surface area contributed by atoms with Crippen LogP contribution in [0.4, 0.5) is 5.69 Å². The highest BCUT2D eigenvalue weighted by molar-refractivity contribution is 6.01. The van der Waals surface area contributed by atoms with E-state index >= 15 is 0 Å². The number of carbonyl (C=O) groups is 1. The van der Waals surface area contributed by atoms with E-state index in [-0.39, 0.29) is 18.9 Å². The van der Waals surface area contributed by atoms with E-state index in [0.29, 0.717) is 17.4 Å². The van der Waals surface area contributed by atoms with Crippen LogP contribution in [0.15, 0.2) is 66.2 Å². The standard InChI is InChI=1S/C28H27N3O3.CH4/c1-5-24(32)30-19-11-12-23(34-27-16(2)7-6-8-17(27)3)20(13-19)22-15-31(4)28(33)25-21(18-9-10-18)14-29-26(22)25;/h5-8,11-15,18,29H,1,9-10H2,2-4H3,(H,30,32);1H4. The lowest BCUT2D eigenvalue weighted by molar-refractivity contribution is -0.111. The summed E-state index contributed by atoms with van der Waals surface area (Å²) in [5.41, 5.74) is 6.11. The number of nitrogens with zero attached hydrogens (tertiary/aromatic N) is 1. The molecular weight excluding hydrogens is 438 g/mol. The predicted octanol–water partition coefficient (Wildman–Crippen LogP) is 6.58. The van der Waals surface area contributed by atoms with Gasteiger partial charge in [0.25, 0.3) is 5.56 Å². The number of benzene rings is 2. The van der Waals surface area contributed by atoms with Gasteiger partial charge in [-0.3, -0.25) is 9.59 Å². The molecule has 0 aliphatic heterocycles. The fraction of sp³-hybridized carbons (Fsp3) is 0.241. The fourth-order valence-electron chi connectivity index (χ4n) is 4.47. The molecule has 2 N–H and O–H groups in total. The SMILES string of the molecule is C.C=CC(=O)Nc1ccc(Oc2c(C)cccc2C)c(-c2cn(C)c(=O)c3c(C4CC4)c[nH]c23)c1. The zero-order valence-electron chi connectivity index (χ0n) is 19.6. The van der Waals surface area contributed by atoms with Crippen LogP contribution in [0.5, 0.6) is 11.5 Å². The van der Waals surface area contributed by atoms with Crippen LogP contribution >= 0.6 is 0 Å². The maximum Gasteiger partial charge on any atom is 0.260 e. The highest BCUT2D eigenvalue weighted by Gasteiger charge is 2.29. The van der Waals surface area contributed by atoms with Crippen molar-refractivity contribution in [2.45, 2.75) is 40.0 Å². The fourth-order valence-corrected chi connectivity index (χ4v) is 4.47. The second-order valence-electron chi connectivity index (χ2n) is 8.95. The van der Waals surface area contributed by atoms with Gasteiger partial charge in [0, 0.05) is 36.3 Å². The lowest BCUT2D eigenvalue weighted by atomic mass is 10.0. The van der Waals surface area contributed by atoms with Crippen molar-refractivity contribution in [1.82, 2.24) is 9.55 Å². The van der Waals surface area contributed by atoms with Crippen LogP contribution in [0.3, 0.4) is 0 Å². The minimum Gasteiger partial charge on any atom is -0.456 e. The molecule has 1 fully saturated rings. The second-order valence-corrected chi connectivity index (χ2v) is 8.95. The Morgan fingerprint density at radius 2 is 1.89 bits per heavy atom. The molecule has 1 aliphatic rings. The molecule has 5 rings (SSSR count). The van der Waals surface area contributed by atoms with E-state index in [1.165, 1.54) is 6.08 Å². The number of aromatic nitrogens is 2. The van der Waals surface area contributed by atoms with Crippen LogP contribution in [0.2, 0.25) is 0 Å². The first-order valence-electron chi connectivity index (χ1n) is 11.4. The summed E-state index contributed by atoms with van der Waals surface area (Å²) in [6.07, 6.45) is 7.22. The molecule has 35 heavy (non-hydrogen) atoms. The monoisotopic (exact) mass is 469 g/mol. The van der Waals surface area contributed by atoms with Gasteiger partial charge in [0.2, 0.25) is 5.91 Å². The summed E-state index contributed by atoms with van der Waals surface area (Å²) in [6.45, 7) is 7.56. The van der Waals surface area contributed by atoms with E-state index in [4.69, 9.17) is 4.74 Å². The summed E-state index contributed by atoms with van der Waals surface area (Å²) >= 11 is 0. The van der Waals surface area contributed by atoms with E-state index in [2.05, 4.69) is 16.9 Å². The van der Waals surface area contributed by atoms with E-state index in [9.17, 15) is 9.59 Å². The van der Waals surface area contributed by atoms with Crippen LogP contribution in [-0.4, -0.2) is 15.5 Å². The lowest BCUT2D eigenvalue weighted by Crippen LogP contribution is -2.17. The maximum absolute atomic E-state index is 13.1. The Balaban J connectivity index is 0.00000289. The van der Waals surface area contributed by atoms with Crippen LogP contribution in [0, 0.1) is 13.8 Å². The Morgan fingerprint density at radius 1 is 1.17 bits per heavy atom. The number of rotatable bonds is 6. The van der Waals surface area contributed by atoms with Gasteiger partial charge in [0.15, 0.2) is 0 Å². The van der Waals surface area contributed by atoms with Crippen molar-refractivity contribution in [3.05, 3.63) is 88.5 Å². The molecule has 4 aromatic rings. The molecule has 0 unspecified atom stereocenters. The van der Waals surface area contributed by atoms with Gasteiger partial charge in [-0.15, -0.1) is 0 Å². The normalized spacial score (nSPS) is 12.8. The number of H-pyrrole nitrogens is 1. The van der Waals surface area contributed by atoms with Gasteiger partial charge in [-0.2, -0.15) is 0 Å². The third-order valence-electron chi connectivity index (χ3n) is 6.40. The number of hydrogen-bond donors (Lipinski definition) is 2. The number of ether oxygens (including phenoxy) is 1. The number of nitrogens with one attached hydrogen (secondary N) is 2. The van der Waals surface area contributed by atoms with Gasteiger partial charge >= 0.3 is 0 Å². The highest BCUT2D eigenvalue weighted by Crippen LogP contribution is 2.45. The Morgan fingerprint density at radius 3 is 2.54 bits per heavy atom. The zero-order valence-corrected chi connectivity index (χ0v) is 19.6. The number of anilines is 1. The van der Waals surface area contributed by atoms with Gasteiger partial charge in [0.1, 0.15) is 11.5 Å². The van der Waals surface area contributed by atoms with Crippen molar-refractivity contribution < 1.29 is 9.53 Å². The van der Waals surface area contributed by atoms with Crippen molar-refractivity contribution in [1.29, 1.82) is 0 Å². The topological polar surface area (TPSA) is 76.1 Å². The van der Waals surface area contributed by atoms with Crippen molar-refractivity contribution in [2.75, 3.05) is 5.32 Å². The number of para-hydroxylation sites is 1. The number of aromatic amines is 1. The molecule has 2 aromatic carbocycles. The number of fused-ring (bicyclic) bond motifs is 1. The number of carbonyl (C=O) groups excluding carboxylic acids is 1. The molecule has 0 atom stereocenters. The molecule has 6 nitrogen and oxygen atoms in total. The van der Waals surface area contributed by atoms with Crippen molar-refractivity contribution in [2.24, 2.45) is 7.05 Å². The third-order valence-corrected chi connectivity index (χ3v) is 6.40. The molecule has 1 aliphatic carbocycles. The van der Waals surface area contributed by atoms with Gasteiger partial charge in [-0.1, -0.05) is 32.2 Å². The zero-order chi connectivity index (χ0) is 24.0. The highest BCUT2D eigenvalue weighted by atomic mass is 16.5. The van der Waals surface area contributed by atoms with Gasteiger partial charge < -0.3 is 19.6 Å². The molecule has 0 saturated heterocycles. The van der Waals surface area contributed by atoms with Crippen molar-refractivity contribution in [3.8, 4) is 22.6 Å². The number of amides is 1. The van der Waals surface area contributed by atoms with Gasteiger partial charge in [-0.25, -0.2) is 0 Å². The Bertz CT molecular complexity index is 1490. The molecule has 180 valence electrons. The van der Waals surface area contributed by atoms with E-state index in [1.54, 1.807) is 17.7 Å². The largest absolute Gasteiger partial charge is 0.456 e. The summed E-state index contributed by atoms with van der Waals surface area (Å²) in [7, 11) is 1.77. The van der Waals surface area contributed by atoms with E-state index in [1.807, 2.05) is 56.6 Å². The summed E-state index contributed by atoms with van der Waals surface area (Å²) in [4.78, 5) is 28.4. The van der Waals surface area contributed by atoms with Gasteiger partial charge in [-0.05, 0) is 73.6 Å². The molecule has 0 radical (unpaired) electrons. The molecule has 2 aromatic heterocycles. The van der Waals surface area contributed by atoms with Crippen LogP contribution in [0.1, 0.15) is 42.9 Å². The molecule has 1 saturated carbocycles. The smallest absolute Gasteiger partial charge is 0.260 e. The van der Waals surface area contributed by atoms with Crippen molar-refractivity contribution in [3.63, 3.8) is 0 Å². The predicted molar refractivity (Wildman–Crippen MR) is 142 cm³/mol. The van der Waals surface area contributed by atoms with Gasteiger partial charge in [0.05, 0.1) is 10.9 Å². The Hall–Kier alpha value is -4.06. The van der Waals surface area contributed by atoms with Crippen LogP contribution in [0.25, 0.3) is 22.0 Å². The first-order chi connectivity index (χ1) is 16.4. The molecule has 6 heteroatoms. The third kappa shape index (κ3) is 4.39. The number of hydrogen-bond acceptors (Lipinski definition) is 3. The van der Waals surface area contributed by atoms with E-state index < -0.39 is 0 Å². The first kappa shape index (κ1) is 24.1. The quantitative estimate of drug-likeness (QED) is 0.313. The average Bonchev–Trinajstić information content (AvgIpc) is 3.57. The summed E-state index contributed by atoms with van der Waals surface area (Å²) in [5.74, 6) is 1.56. The molecule has 0 spiro atoms. The summed E-state index contributed by atoms with van der Waals surface area (Å²) < 4.78 is 8.08. The molecule has 1 amide bonds.